The van der Waals surface area contributed by atoms with Gasteiger partial charge in [0.2, 0.25) is 0 Å². The summed E-state index contributed by atoms with van der Waals surface area (Å²) in [4.78, 5) is 23.3. The summed E-state index contributed by atoms with van der Waals surface area (Å²) < 4.78 is 5.12. The van der Waals surface area contributed by atoms with Crippen molar-refractivity contribution < 1.29 is 14.5 Å². The molecule has 90 valence electrons. The maximum atomic E-state index is 11.6. The van der Waals surface area contributed by atoms with Crippen LogP contribution in [0.5, 0.6) is 0 Å². The minimum atomic E-state index is -0.459. The first-order chi connectivity index (χ1) is 8.04. The number of hydrogen-bond acceptors (Lipinski definition) is 4. The van der Waals surface area contributed by atoms with Crippen LogP contribution < -0.4 is 4.90 Å². The van der Waals surface area contributed by atoms with Crippen molar-refractivity contribution in [3.63, 3.8) is 0 Å². The van der Waals surface area contributed by atoms with E-state index in [1.54, 1.807) is 13.0 Å². The number of ether oxygens (including phenoxy) is 1. The van der Waals surface area contributed by atoms with Gasteiger partial charge in [-0.05, 0) is 19.9 Å². The van der Waals surface area contributed by atoms with Crippen molar-refractivity contribution in [2.24, 2.45) is 0 Å². The fourth-order valence-electron chi connectivity index (χ4n) is 1.90. The second-order valence-corrected chi connectivity index (χ2v) is 3.77. The lowest BCUT2D eigenvalue weighted by Crippen LogP contribution is -2.36. The first-order valence-electron chi connectivity index (χ1n) is 5.31. The predicted octanol–water partition coefficient (Wildman–Crippen LogP) is 2.63. The van der Waals surface area contributed by atoms with Crippen LogP contribution >= 0.6 is 0 Å². The monoisotopic (exact) mass is 236 g/mol. The highest BCUT2D eigenvalue weighted by atomic mass is 16.6. The molecule has 1 amide bonds. The zero-order valence-corrected chi connectivity index (χ0v) is 9.54. The molecule has 0 aliphatic carbocycles. The standard InChI is InChI=1S/C11H12N2O4/c1-3-12-10-5-4-8(13(15)16)6-9(10)7(2)17-11(12)14/h4-7H,3H2,1-2H3. The molecule has 6 nitrogen and oxygen atoms in total. The molecule has 0 fully saturated rings. The van der Waals surface area contributed by atoms with Crippen LogP contribution in [0.25, 0.3) is 0 Å². The lowest BCUT2D eigenvalue weighted by atomic mass is 10.0. The topological polar surface area (TPSA) is 72.7 Å². The number of hydrogen-bond donors (Lipinski definition) is 0. The van der Waals surface area contributed by atoms with Gasteiger partial charge >= 0.3 is 6.09 Å². The number of nitro groups is 1. The summed E-state index contributed by atoms with van der Waals surface area (Å²) in [7, 11) is 0. The molecular formula is C11H12N2O4. The molecule has 6 heteroatoms. The quantitative estimate of drug-likeness (QED) is 0.584. The van der Waals surface area contributed by atoms with E-state index in [9.17, 15) is 14.9 Å². The van der Waals surface area contributed by atoms with Crippen LogP contribution in [-0.4, -0.2) is 17.6 Å². The Kier molecular flexibility index (Phi) is 2.71. The van der Waals surface area contributed by atoms with Crippen molar-refractivity contribution in [3.05, 3.63) is 33.9 Å². The molecule has 1 atom stereocenters. The fraction of sp³-hybridized carbons (Fsp3) is 0.364. The number of anilines is 1. The van der Waals surface area contributed by atoms with Gasteiger partial charge in [0.1, 0.15) is 6.10 Å². The van der Waals surface area contributed by atoms with Gasteiger partial charge in [-0.15, -0.1) is 0 Å². The summed E-state index contributed by atoms with van der Waals surface area (Å²) in [6, 6.07) is 4.44. The number of nitrogens with zero attached hydrogens (tertiary/aromatic N) is 2. The number of carbonyl (C=O) groups is 1. The van der Waals surface area contributed by atoms with Gasteiger partial charge < -0.3 is 4.74 Å². The molecule has 0 radical (unpaired) electrons. The van der Waals surface area contributed by atoms with Crippen LogP contribution in [-0.2, 0) is 4.74 Å². The van der Waals surface area contributed by atoms with Gasteiger partial charge in [0.15, 0.2) is 0 Å². The van der Waals surface area contributed by atoms with Gasteiger partial charge in [-0.2, -0.15) is 0 Å². The molecular weight excluding hydrogens is 224 g/mol. The Morgan fingerprint density at radius 1 is 1.53 bits per heavy atom. The Morgan fingerprint density at radius 2 is 2.24 bits per heavy atom. The number of carbonyl (C=O) groups excluding carboxylic acids is 1. The van der Waals surface area contributed by atoms with E-state index in [1.165, 1.54) is 17.0 Å². The number of amides is 1. The summed E-state index contributed by atoms with van der Waals surface area (Å²) >= 11 is 0. The minimum absolute atomic E-state index is 0.00426. The van der Waals surface area contributed by atoms with Gasteiger partial charge in [0.25, 0.3) is 5.69 Å². The second kappa shape index (κ2) is 4.04. The summed E-state index contributed by atoms with van der Waals surface area (Å²) in [6.07, 6.45) is -0.874. The largest absolute Gasteiger partial charge is 0.441 e. The molecule has 17 heavy (non-hydrogen) atoms. The Morgan fingerprint density at radius 3 is 2.82 bits per heavy atom. The maximum Gasteiger partial charge on any atom is 0.414 e. The molecule has 0 bridgehead atoms. The van der Waals surface area contributed by atoms with Crippen molar-refractivity contribution in [2.75, 3.05) is 11.4 Å². The van der Waals surface area contributed by atoms with Crippen LogP contribution in [0.15, 0.2) is 18.2 Å². The van der Waals surface area contributed by atoms with Crippen LogP contribution in [0.3, 0.4) is 0 Å². The number of cyclic esters (lactones) is 1. The molecule has 0 spiro atoms. The van der Waals surface area contributed by atoms with E-state index in [0.29, 0.717) is 17.8 Å². The number of nitro benzene ring substituents is 1. The molecule has 1 unspecified atom stereocenters. The lowest BCUT2D eigenvalue weighted by Gasteiger charge is -2.31. The zero-order valence-electron chi connectivity index (χ0n) is 9.54. The van der Waals surface area contributed by atoms with Gasteiger partial charge in [-0.1, -0.05) is 0 Å². The van der Waals surface area contributed by atoms with E-state index in [4.69, 9.17) is 4.74 Å². The summed E-state index contributed by atoms with van der Waals surface area (Å²) in [5.41, 5.74) is 1.35. The summed E-state index contributed by atoms with van der Waals surface area (Å²) in [5.74, 6) is 0. The highest BCUT2D eigenvalue weighted by Crippen LogP contribution is 2.36. The Hall–Kier alpha value is -2.11. The predicted molar refractivity (Wildman–Crippen MR) is 61.0 cm³/mol. The van der Waals surface area contributed by atoms with E-state index >= 15 is 0 Å². The van der Waals surface area contributed by atoms with Gasteiger partial charge in [-0.3, -0.25) is 15.0 Å². The lowest BCUT2D eigenvalue weighted by molar-refractivity contribution is -0.385. The van der Waals surface area contributed by atoms with Gasteiger partial charge in [0, 0.05) is 24.2 Å². The van der Waals surface area contributed by atoms with E-state index in [2.05, 4.69) is 0 Å². The normalized spacial score (nSPS) is 18.6. The molecule has 1 aliphatic rings. The molecule has 1 heterocycles. The second-order valence-electron chi connectivity index (χ2n) is 3.77. The average Bonchev–Trinajstić information content (AvgIpc) is 2.29. The number of non-ortho nitro benzene ring substituents is 1. The Balaban J connectivity index is 2.53. The average molecular weight is 236 g/mol. The number of benzene rings is 1. The summed E-state index contributed by atoms with van der Waals surface area (Å²) in [6.45, 7) is 3.99. The molecule has 1 aliphatic heterocycles. The van der Waals surface area contributed by atoms with Crippen LogP contribution in [0.1, 0.15) is 25.5 Å². The van der Waals surface area contributed by atoms with Crippen LogP contribution in [0.2, 0.25) is 0 Å². The first-order valence-corrected chi connectivity index (χ1v) is 5.31. The van der Waals surface area contributed by atoms with Crippen molar-refractivity contribution >= 4 is 17.5 Å². The third-order valence-electron chi connectivity index (χ3n) is 2.76. The zero-order chi connectivity index (χ0) is 12.6. The first kappa shape index (κ1) is 11.4. The van der Waals surface area contributed by atoms with E-state index < -0.39 is 17.1 Å². The van der Waals surface area contributed by atoms with E-state index in [-0.39, 0.29) is 5.69 Å². The molecule has 0 N–H and O–H groups in total. The Labute approximate surface area is 97.9 Å². The smallest absolute Gasteiger partial charge is 0.414 e. The third kappa shape index (κ3) is 1.82. The highest BCUT2D eigenvalue weighted by Gasteiger charge is 2.30. The Bertz CT molecular complexity index is 486. The van der Waals surface area contributed by atoms with E-state index in [0.717, 1.165) is 0 Å². The van der Waals surface area contributed by atoms with Crippen LogP contribution in [0.4, 0.5) is 16.2 Å². The highest BCUT2D eigenvalue weighted by molar-refractivity contribution is 5.91. The van der Waals surface area contributed by atoms with Crippen LogP contribution in [0, 0.1) is 10.1 Å². The van der Waals surface area contributed by atoms with Crippen molar-refractivity contribution in [1.82, 2.24) is 0 Å². The molecule has 2 rings (SSSR count). The van der Waals surface area contributed by atoms with Crippen molar-refractivity contribution in [3.8, 4) is 0 Å². The van der Waals surface area contributed by atoms with Gasteiger partial charge in [-0.25, -0.2) is 4.79 Å². The van der Waals surface area contributed by atoms with Crippen molar-refractivity contribution in [2.45, 2.75) is 20.0 Å². The SMILES string of the molecule is CCN1C(=O)OC(C)c2cc([N+](=O)[O-])ccc21. The number of fused-ring (bicyclic) bond motifs is 1. The fourth-order valence-corrected chi connectivity index (χ4v) is 1.90. The number of rotatable bonds is 2. The maximum absolute atomic E-state index is 11.6. The molecule has 1 aromatic carbocycles. The molecule has 0 saturated carbocycles. The minimum Gasteiger partial charge on any atom is -0.441 e. The third-order valence-corrected chi connectivity index (χ3v) is 2.76. The van der Waals surface area contributed by atoms with E-state index in [1.807, 2.05) is 6.92 Å². The molecule has 1 aromatic rings. The van der Waals surface area contributed by atoms with Gasteiger partial charge in [0.05, 0.1) is 10.6 Å². The summed E-state index contributed by atoms with van der Waals surface area (Å²) in [5, 5.41) is 10.7. The molecule has 0 saturated heterocycles. The molecule has 0 aromatic heterocycles. The van der Waals surface area contributed by atoms with Crippen molar-refractivity contribution in [1.29, 1.82) is 0 Å².